The van der Waals surface area contributed by atoms with E-state index in [-0.39, 0.29) is 11.8 Å². The maximum absolute atomic E-state index is 12.2. The predicted molar refractivity (Wildman–Crippen MR) is 84.7 cm³/mol. The highest BCUT2D eigenvalue weighted by atomic mass is 16.2. The zero-order chi connectivity index (χ0) is 14.7. The highest BCUT2D eigenvalue weighted by Gasteiger charge is 2.32. The molecule has 1 saturated heterocycles. The molecule has 2 aliphatic rings. The molecule has 3 nitrogen and oxygen atoms in total. The summed E-state index contributed by atoms with van der Waals surface area (Å²) in [6.45, 7) is 5.23. The average molecular weight is 284 g/mol. The molecule has 3 heteroatoms. The lowest BCUT2D eigenvalue weighted by molar-refractivity contribution is -0.125. The van der Waals surface area contributed by atoms with Gasteiger partial charge < -0.3 is 5.32 Å². The van der Waals surface area contributed by atoms with Gasteiger partial charge in [-0.05, 0) is 24.3 Å². The minimum absolute atomic E-state index is 0.167. The van der Waals surface area contributed by atoms with E-state index in [1.807, 2.05) is 0 Å². The summed E-state index contributed by atoms with van der Waals surface area (Å²) in [5.74, 6) is 0.922. The van der Waals surface area contributed by atoms with E-state index in [0.29, 0.717) is 12.0 Å². The molecule has 1 amide bonds. The van der Waals surface area contributed by atoms with E-state index in [4.69, 9.17) is 0 Å². The predicted octanol–water partition coefficient (Wildman–Crippen LogP) is 2.59. The van der Waals surface area contributed by atoms with Gasteiger partial charge in [0, 0.05) is 31.6 Å². The van der Waals surface area contributed by atoms with Crippen LogP contribution in [0, 0.1) is 11.8 Å². The van der Waals surface area contributed by atoms with Crippen molar-refractivity contribution in [1.29, 1.82) is 0 Å². The van der Waals surface area contributed by atoms with Crippen molar-refractivity contribution in [2.45, 2.75) is 32.4 Å². The first-order valence-electron chi connectivity index (χ1n) is 7.94. The van der Waals surface area contributed by atoms with Gasteiger partial charge >= 0.3 is 0 Å². The summed E-state index contributed by atoms with van der Waals surface area (Å²) in [6, 6.07) is 10.8. The van der Waals surface area contributed by atoms with Crippen molar-refractivity contribution in [3.05, 3.63) is 48.0 Å². The minimum Gasteiger partial charge on any atom is -0.352 e. The van der Waals surface area contributed by atoms with Gasteiger partial charge in [-0.25, -0.2) is 0 Å². The van der Waals surface area contributed by atoms with Crippen LogP contribution in [0.5, 0.6) is 0 Å². The van der Waals surface area contributed by atoms with Crippen LogP contribution >= 0.6 is 0 Å². The molecule has 0 spiro atoms. The normalized spacial score (nSPS) is 26.3. The summed E-state index contributed by atoms with van der Waals surface area (Å²) < 4.78 is 0. The molecule has 0 bridgehead atoms. The zero-order valence-corrected chi connectivity index (χ0v) is 12.7. The van der Waals surface area contributed by atoms with Crippen molar-refractivity contribution >= 4 is 5.91 Å². The van der Waals surface area contributed by atoms with Crippen LogP contribution in [0.3, 0.4) is 0 Å². The summed E-state index contributed by atoms with van der Waals surface area (Å²) in [6.07, 6.45) is 6.04. The second kappa shape index (κ2) is 6.44. The molecule has 0 saturated carbocycles. The number of carbonyl (C=O) groups excluding carboxylic acids is 1. The summed E-state index contributed by atoms with van der Waals surface area (Å²) in [7, 11) is 0. The standard InChI is InChI=1S/C18H24N2O/c1-14-11-20(12-15-7-3-2-4-8-15)13-17(14)19-18(21)16-9-5-6-10-16/h2-8,14,16-17H,9-13H2,1H3,(H,19,21)/t14-,17+/m1/s1. The Morgan fingerprint density at radius 3 is 2.62 bits per heavy atom. The second-order valence-electron chi connectivity index (χ2n) is 6.41. The van der Waals surface area contributed by atoms with E-state index < -0.39 is 0 Å². The molecule has 1 aliphatic heterocycles. The molecule has 0 radical (unpaired) electrons. The molecule has 112 valence electrons. The molecule has 0 aromatic heterocycles. The van der Waals surface area contributed by atoms with Gasteiger partial charge in [-0.1, -0.05) is 49.4 Å². The minimum atomic E-state index is 0.167. The topological polar surface area (TPSA) is 32.3 Å². The number of nitrogens with zero attached hydrogens (tertiary/aromatic N) is 1. The molecule has 1 aliphatic carbocycles. The molecular weight excluding hydrogens is 260 g/mol. The number of nitrogens with one attached hydrogen (secondary N) is 1. The molecule has 1 aromatic rings. The molecular formula is C18H24N2O. The van der Waals surface area contributed by atoms with Gasteiger partial charge in [-0.2, -0.15) is 0 Å². The first kappa shape index (κ1) is 14.3. The Morgan fingerprint density at radius 1 is 1.19 bits per heavy atom. The lowest BCUT2D eigenvalue weighted by Gasteiger charge is -2.19. The third kappa shape index (κ3) is 3.53. The van der Waals surface area contributed by atoms with Crippen molar-refractivity contribution in [2.24, 2.45) is 11.8 Å². The molecule has 1 fully saturated rings. The molecule has 2 atom stereocenters. The summed E-state index contributed by atoms with van der Waals surface area (Å²) in [5, 5.41) is 3.27. The van der Waals surface area contributed by atoms with E-state index in [0.717, 1.165) is 32.5 Å². The van der Waals surface area contributed by atoms with Crippen LogP contribution in [0.25, 0.3) is 0 Å². The van der Waals surface area contributed by atoms with Crippen molar-refractivity contribution in [3.63, 3.8) is 0 Å². The Balaban J connectivity index is 1.52. The Bertz CT molecular complexity index is 503. The number of likely N-dealkylation sites (tertiary alicyclic amines) is 1. The van der Waals surface area contributed by atoms with Crippen molar-refractivity contribution in [2.75, 3.05) is 13.1 Å². The van der Waals surface area contributed by atoms with E-state index in [2.05, 4.69) is 59.6 Å². The quantitative estimate of drug-likeness (QED) is 0.862. The number of hydrogen-bond donors (Lipinski definition) is 1. The van der Waals surface area contributed by atoms with Gasteiger partial charge in [-0.15, -0.1) is 0 Å². The lowest BCUT2D eigenvalue weighted by Crippen LogP contribution is -2.42. The highest BCUT2D eigenvalue weighted by molar-refractivity contribution is 5.79. The number of allylic oxidation sites excluding steroid dienone is 2. The number of carbonyl (C=O) groups is 1. The van der Waals surface area contributed by atoms with Gasteiger partial charge in [0.2, 0.25) is 5.91 Å². The van der Waals surface area contributed by atoms with Crippen LogP contribution < -0.4 is 5.32 Å². The number of rotatable bonds is 4. The van der Waals surface area contributed by atoms with Crippen molar-refractivity contribution in [3.8, 4) is 0 Å². The van der Waals surface area contributed by atoms with Gasteiger partial charge in [0.05, 0.1) is 0 Å². The van der Waals surface area contributed by atoms with Crippen molar-refractivity contribution < 1.29 is 4.79 Å². The fourth-order valence-corrected chi connectivity index (χ4v) is 3.36. The van der Waals surface area contributed by atoms with Crippen LogP contribution in [0.15, 0.2) is 42.5 Å². The molecule has 1 aromatic carbocycles. The fraction of sp³-hybridized carbons (Fsp3) is 0.500. The summed E-state index contributed by atoms with van der Waals surface area (Å²) >= 11 is 0. The summed E-state index contributed by atoms with van der Waals surface area (Å²) in [4.78, 5) is 14.7. The first-order chi connectivity index (χ1) is 10.2. The Morgan fingerprint density at radius 2 is 1.90 bits per heavy atom. The fourth-order valence-electron chi connectivity index (χ4n) is 3.36. The molecule has 1 N–H and O–H groups in total. The van der Waals surface area contributed by atoms with Crippen LogP contribution in [0.2, 0.25) is 0 Å². The first-order valence-corrected chi connectivity index (χ1v) is 7.94. The van der Waals surface area contributed by atoms with Crippen LogP contribution in [0.4, 0.5) is 0 Å². The Kier molecular flexibility index (Phi) is 4.39. The van der Waals surface area contributed by atoms with Gasteiger partial charge in [0.25, 0.3) is 0 Å². The largest absolute Gasteiger partial charge is 0.352 e. The molecule has 1 heterocycles. The number of benzene rings is 1. The monoisotopic (exact) mass is 284 g/mol. The van der Waals surface area contributed by atoms with E-state index in [9.17, 15) is 4.79 Å². The smallest absolute Gasteiger partial charge is 0.224 e. The molecule has 3 rings (SSSR count). The van der Waals surface area contributed by atoms with Crippen LogP contribution in [0.1, 0.15) is 25.3 Å². The average Bonchev–Trinajstić information content (AvgIpc) is 3.11. The van der Waals surface area contributed by atoms with E-state index >= 15 is 0 Å². The van der Waals surface area contributed by atoms with Gasteiger partial charge in [0.15, 0.2) is 0 Å². The van der Waals surface area contributed by atoms with Crippen LogP contribution in [-0.2, 0) is 11.3 Å². The van der Waals surface area contributed by atoms with E-state index in [1.54, 1.807) is 0 Å². The number of amides is 1. The van der Waals surface area contributed by atoms with Gasteiger partial charge in [0.1, 0.15) is 0 Å². The van der Waals surface area contributed by atoms with Crippen LogP contribution in [-0.4, -0.2) is 29.9 Å². The molecule has 21 heavy (non-hydrogen) atoms. The van der Waals surface area contributed by atoms with Gasteiger partial charge in [-0.3, -0.25) is 9.69 Å². The second-order valence-corrected chi connectivity index (χ2v) is 6.41. The molecule has 0 unspecified atom stereocenters. The summed E-state index contributed by atoms with van der Waals surface area (Å²) in [5.41, 5.74) is 1.34. The maximum Gasteiger partial charge on any atom is 0.224 e. The van der Waals surface area contributed by atoms with Crippen molar-refractivity contribution in [1.82, 2.24) is 10.2 Å². The Labute approximate surface area is 127 Å². The third-order valence-electron chi connectivity index (χ3n) is 4.64. The lowest BCUT2D eigenvalue weighted by atomic mass is 10.0. The third-order valence-corrected chi connectivity index (χ3v) is 4.64. The van der Waals surface area contributed by atoms with E-state index in [1.165, 1.54) is 5.56 Å². The highest BCUT2D eigenvalue weighted by Crippen LogP contribution is 2.22. The SMILES string of the molecule is C[C@@H]1CN(Cc2ccccc2)C[C@@H]1NC(=O)C1CC=CC1. The Hall–Kier alpha value is -1.61. The number of hydrogen-bond acceptors (Lipinski definition) is 2. The maximum atomic E-state index is 12.2. The zero-order valence-electron chi connectivity index (χ0n) is 12.7.